The van der Waals surface area contributed by atoms with E-state index in [1.54, 1.807) is 0 Å². The largest absolute Gasteiger partial charge is 0.228 e. The van der Waals surface area contributed by atoms with Gasteiger partial charge in [0.1, 0.15) is 0 Å². The van der Waals surface area contributed by atoms with Crippen molar-refractivity contribution in [2.45, 2.75) is 0 Å². The number of rotatable bonds is 4. The summed E-state index contributed by atoms with van der Waals surface area (Å²) in [4.78, 5) is 10.5. The number of fused-ring (bicyclic) bond motifs is 4. The molecule has 204 valence electrons. The number of hydrogen-bond donors (Lipinski definition) is 0. The van der Waals surface area contributed by atoms with E-state index in [1.165, 1.54) is 16.2 Å². The third-order valence-corrected chi connectivity index (χ3v) is 8.32. The first kappa shape index (κ1) is 25.6. The minimum atomic E-state index is 0.654. The van der Waals surface area contributed by atoms with E-state index in [1.807, 2.05) is 42.5 Å². The van der Waals surface area contributed by atoms with Crippen LogP contribution in [0.5, 0.6) is 0 Å². The molecule has 3 heteroatoms. The maximum absolute atomic E-state index is 9.17. The first-order valence-electron chi connectivity index (χ1n) is 14.6. The second-order valence-corrected chi connectivity index (χ2v) is 10.9. The molecule has 8 rings (SSSR count). The molecular formula is C41H25N3. The standard InChI is InChI=1S/C41H25N3/c42-26-27-14-16-28(17-15-27)29-18-20-32(21-19-29)39-25-38(31-9-2-1-3-10-31)43-41(44-39)40-35-13-7-5-11-33(35)24-37-34-12-6-4-8-30(34)22-23-36(37)40/h1-25H. The molecule has 0 atom stereocenters. The zero-order chi connectivity index (χ0) is 29.5. The van der Waals surface area contributed by atoms with Crippen molar-refractivity contribution in [2.24, 2.45) is 0 Å². The smallest absolute Gasteiger partial charge is 0.161 e. The molecule has 0 spiro atoms. The minimum absolute atomic E-state index is 0.654. The SMILES string of the molecule is N#Cc1ccc(-c2ccc(-c3cc(-c4ccccc4)nc(-c4c5ccccc5cc5c4ccc4ccccc45)n3)cc2)cc1. The van der Waals surface area contributed by atoms with Gasteiger partial charge < -0.3 is 0 Å². The van der Waals surface area contributed by atoms with Gasteiger partial charge in [-0.3, -0.25) is 0 Å². The molecule has 0 radical (unpaired) electrons. The fraction of sp³-hybridized carbons (Fsp3) is 0. The Bertz CT molecular complexity index is 2370. The molecule has 1 heterocycles. The Labute approximate surface area is 255 Å². The second-order valence-electron chi connectivity index (χ2n) is 10.9. The van der Waals surface area contributed by atoms with Gasteiger partial charge in [0.05, 0.1) is 23.0 Å². The Morgan fingerprint density at radius 3 is 1.68 bits per heavy atom. The maximum Gasteiger partial charge on any atom is 0.161 e. The third kappa shape index (κ3) is 4.47. The van der Waals surface area contributed by atoms with E-state index >= 15 is 0 Å². The molecule has 7 aromatic carbocycles. The lowest BCUT2D eigenvalue weighted by Crippen LogP contribution is -1.98. The van der Waals surface area contributed by atoms with Crippen molar-refractivity contribution in [3.05, 3.63) is 157 Å². The lowest BCUT2D eigenvalue weighted by Gasteiger charge is -2.15. The van der Waals surface area contributed by atoms with Crippen LogP contribution in [0.4, 0.5) is 0 Å². The Morgan fingerprint density at radius 1 is 0.409 bits per heavy atom. The van der Waals surface area contributed by atoms with E-state index in [0.717, 1.165) is 55.4 Å². The molecule has 0 aliphatic carbocycles. The average molecular weight is 560 g/mol. The zero-order valence-electron chi connectivity index (χ0n) is 23.8. The van der Waals surface area contributed by atoms with Gasteiger partial charge in [0.25, 0.3) is 0 Å². The molecule has 0 aliphatic rings. The number of benzene rings is 7. The first-order valence-corrected chi connectivity index (χ1v) is 14.6. The van der Waals surface area contributed by atoms with Gasteiger partial charge in [-0.2, -0.15) is 5.26 Å². The summed E-state index contributed by atoms with van der Waals surface area (Å²) >= 11 is 0. The summed E-state index contributed by atoms with van der Waals surface area (Å²) in [6.07, 6.45) is 0. The van der Waals surface area contributed by atoms with Crippen molar-refractivity contribution in [1.82, 2.24) is 9.97 Å². The summed E-state index contributed by atoms with van der Waals surface area (Å²) in [6.45, 7) is 0. The number of nitrogens with zero attached hydrogens (tertiary/aromatic N) is 3. The highest BCUT2D eigenvalue weighted by molar-refractivity contribution is 6.19. The summed E-state index contributed by atoms with van der Waals surface area (Å²) in [5.74, 6) is 0.703. The molecular weight excluding hydrogens is 534 g/mol. The molecule has 0 N–H and O–H groups in total. The van der Waals surface area contributed by atoms with Crippen molar-refractivity contribution in [1.29, 1.82) is 5.26 Å². The summed E-state index contributed by atoms with van der Waals surface area (Å²) in [7, 11) is 0. The highest BCUT2D eigenvalue weighted by Crippen LogP contribution is 2.39. The topological polar surface area (TPSA) is 49.6 Å². The van der Waals surface area contributed by atoms with Crippen LogP contribution in [0.2, 0.25) is 0 Å². The quantitative estimate of drug-likeness (QED) is 0.159. The Hall–Kier alpha value is -6.11. The second kappa shape index (κ2) is 10.6. The van der Waals surface area contributed by atoms with Crippen molar-refractivity contribution >= 4 is 32.3 Å². The molecule has 8 aromatic rings. The molecule has 1 aromatic heterocycles. The molecule has 0 fully saturated rings. The van der Waals surface area contributed by atoms with Crippen molar-refractivity contribution in [2.75, 3.05) is 0 Å². The molecule has 0 amide bonds. The van der Waals surface area contributed by atoms with Gasteiger partial charge >= 0.3 is 0 Å². The summed E-state index contributed by atoms with van der Waals surface area (Å²) in [5.41, 5.74) is 7.64. The molecule has 0 aliphatic heterocycles. The monoisotopic (exact) mass is 559 g/mol. The Kier molecular flexibility index (Phi) is 6.18. The average Bonchev–Trinajstić information content (AvgIpc) is 3.11. The number of nitriles is 1. The van der Waals surface area contributed by atoms with Gasteiger partial charge in [-0.25, -0.2) is 9.97 Å². The lowest BCUT2D eigenvalue weighted by molar-refractivity contribution is 1.19. The van der Waals surface area contributed by atoms with E-state index < -0.39 is 0 Å². The van der Waals surface area contributed by atoms with Gasteiger partial charge in [-0.1, -0.05) is 127 Å². The minimum Gasteiger partial charge on any atom is -0.228 e. The summed E-state index contributed by atoms with van der Waals surface area (Å²) in [5, 5.41) is 16.2. The van der Waals surface area contributed by atoms with Gasteiger partial charge in [0, 0.05) is 16.7 Å². The molecule has 3 nitrogen and oxygen atoms in total. The van der Waals surface area contributed by atoms with Gasteiger partial charge in [-0.05, 0) is 67.7 Å². The molecule has 0 bridgehead atoms. The van der Waals surface area contributed by atoms with Crippen LogP contribution in [0, 0.1) is 11.3 Å². The van der Waals surface area contributed by atoms with Crippen LogP contribution in [-0.4, -0.2) is 9.97 Å². The predicted octanol–water partition coefficient (Wildman–Crippen LogP) is 10.5. The zero-order valence-corrected chi connectivity index (χ0v) is 23.8. The van der Waals surface area contributed by atoms with Crippen LogP contribution in [-0.2, 0) is 0 Å². The van der Waals surface area contributed by atoms with Gasteiger partial charge in [-0.15, -0.1) is 0 Å². The number of aromatic nitrogens is 2. The van der Waals surface area contributed by atoms with Crippen LogP contribution in [0.3, 0.4) is 0 Å². The van der Waals surface area contributed by atoms with Crippen LogP contribution in [0.25, 0.3) is 77.3 Å². The molecule has 0 unspecified atom stereocenters. The first-order chi connectivity index (χ1) is 21.7. The highest BCUT2D eigenvalue weighted by atomic mass is 14.9. The Morgan fingerprint density at radius 2 is 0.977 bits per heavy atom. The molecule has 0 saturated carbocycles. The van der Waals surface area contributed by atoms with Gasteiger partial charge in [0.2, 0.25) is 0 Å². The van der Waals surface area contributed by atoms with E-state index in [-0.39, 0.29) is 0 Å². The van der Waals surface area contributed by atoms with E-state index in [4.69, 9.17) is 9.97 Å². The number of hydrogen-bond acceptors (Lipinski definition) is 3. The van der Waals surface area contributed by atoms with Crippen LogP contribution >= 0.6 is 0 Å². The van der Waals surface area contributed by atoms with Crippen LogP contribution < -0.4 is 0 Å². The normalized spacial score (nSPS) is 11.2. The lowest BCUT2D eigenvalue weighted by atomic mass is 9.92. The van der Waals surface area contributed by atoms with Crippen molar-refractivity contribution < 1.29 is 0 Å². The molecule has 44 heavy (non-hydrogen) atoms. The van der Waals surface area contributed by atoms with Crippen molar-refractivity contribution in [3.63, 3.8) is 0 Å². The van der Waals surface area contributed by atoms with E-state index in [0.29, 0.717) is 11.4 Å². The molecule has 0 saturated heterocycles. The Balaban J connectivity index is 1.36. The summed E-state index contributed by atoms with van der Waals surface area (Å²) in [6, 6.07) is 54.5. The maximum atomic E-state index is 9.17. The van der Waals surface area contributed by atoms with Gasteiger partial charge in [0.15, 0.2) is 5.82 Å². The van der Waals surface area contributed by atoms with Crippen molar-refractivity contribution in [3.8, 4) is 51.1 Å². The fourth-order valence-corrected chi connectivity index (χ4v) is 6.10. The third-order valence-electron chi connectivity index (χ3n) is 8.32. The summed E-state index contributed by atoms with van der Waals surface area (Å²) < 4.78 is 0. The van der Waals surface area contributed by atoms with Crippen LogP contribution in [0.15, 0.2) is 152 Å². The highest BCUT2D eigenvalue weighted by Gasteiger charge is 2.17. The van der Waals surface area contributed by atoms with E-state index in [2.05, 4.69) is 115 Å². The predicted molar refractivity (Wildman–Crippen MR) is 181 cm³/mol. The fourth-order valence-electron chi connectivity index (χ4n) is 6.10. The van der Waals surface area contributed by atoms with E-state index in [9.17, 15) is 5.26 Å². The van der Waals surface area contributed by atoms with Crippen LogP contribution in [0.1, 0.15) is 5.56 Å².